The van der Waals surface area contributed by atoms with E-state index in [1.807, 2.05) is 37.3 Å². The number of nitrogens with one attached hydrogen (secondary N) is 1. The molecule has 5 nitrogen and oxygen atoms in total. The summed E-state index contributed by atoms with van der Waals surface area (Å²) in [6.07, 6.45) is 1.98. The van der Waals surface area contributed by atoms with Crippen molar-refractivity contribution in [1.29, 1.82) is 0 Å². The number of pyridine rings is 1. The number of aryl methyl sites for hydroxylation is 1. The molecule has 1 aromatic heterocycles. The molecule has 0 saturated heterocycles. The summed E-state index contributed by atoms with van der Waals surface area (Å²) < 4.78 is 5.55. The third kappa shape index (κ3) is 4.29. The highest BCUT2D eigenvalue weighted by molar-refractivity contribution is 5.91. The fourth-order valence-corrected chi connectivity index (χ4v) is 1.91. The van der Waals surface area contributed by atoms with E-state index in [0.29, 0.717) is 18.9 Å². The van der Waals surface area contributed by atoms with E-state index in [0.717, 1.165) is 16.9 Å². The summed E-state index contributed by atoms with van der Waals surface area (Å²) in [7, 11) is 0. The van der Waals surface area contributed by atoms with Gasteiger partial charge < -0.3 is 15.8 Å². The number of aromatic nitrogens is 1. The molecule has 1 heterocycles. The average Bonchev–Trinajstić information content (AvgIpc) is 2.50. The normalized spacial score (nSPS) is 10.2. The van der Waals surface area contributed by atoms with Crippen LogP contribution in [0.15, 0.2) is 42.6 Å². The topological polar surface area (TPSA) is 77.2 Å². The second-order valence-corrected chi connectivity index (χ2v) is 4.59. The number of para-hydroxylation sites is 1. The number of hydrogen-bond donors (Lipinski definition) is 2. The van der Waals surface area contributed by atoms with Crippen LogP contribution in [-0.2, 0) is 11.3 Å². The zero-order valence-electron chi connectivity index (χ0n) is 12.0. The summed E-state index contributed by atoms with van der Waals surface area (Å²) in [5, 5.41) is 2.85. The minimum atomic E-state index is -0.0996. The average molecular weight is 285 g/mol. The van der Waals surface area contributed by atoms with Crippen LogP contribution in [0.25, 0.3) is 0 Å². The van der Waals surface area contributed by atoms with E-state index < -0.39 is 0 Å². The smallest absolute Gasteiger partial charge is 0.227 e. The van der Waals surface area contributed by atoms with Gasteiger partial charge in [0.25, 0.3) is 0 Å². The van der Waals surface area contributed by atoms with Gasteiger partial charge in [-0.2, -0.15) is 0 Å². The predicted molar refractivity (Wildman–Crippen MR) is 82.0 cm³/mol. The van der Waals surface area contributed by atoms with Crippen LogP contribution in [0.4, 0.5) is 5.69 Å². The lowest BCUT2D eigenvalue weighted by atomic mass is 10.2. The molecule has 2 rings (SSSR count). The molecule has 0 fully saturated rings. The van der Waals surface area contributed by atoms with Crippen LogP contribution in [0.2, 0.25) is 0 Å². The molecule has 0 spiro atoms. The van der Waals surface area contributed by atoms with E-state index in [4.69, 9.17) is 10.5 Å². The highest BCUT2D eigenvalue weighted by Crippen LogP contribution is 2.15. The number of ether oxygens (including phenoxy) is 1. The Hall–Kier alpha value is -2.40. The zero-order valence-corrected chi connectivity index (χ0v) is 12.0. The van der Waals surface area contributed by atoms with Crippen molar-refractivity contribution in [3.63, 3.8) is 0 Å². The van der Waals surface area contributed by atoms with Crippen molar-refractivity contribution in [3.8, 4) is 5.75 Å². The first-order valence-corrected chi connectivity index (χ1v) is 6.83. The lowest BCUT2D eigenvalue weighted by Crippen LogP contribution is -2.17. The first-order valence-electron chi connectivity index (χ1n) is 6.83. The van der Waals surface area contributed by atoms with Crippen molar-refractivity contribution in [2.75, 3.05) is 11.9 Å². The van der Waals surface area contributed by atoms with E-state index in [1.54, 1.807) is 12.3 Å². The molecule has 1 aromatic carbocycles. The van der Waals surface area contributed by atoms with Gasteiger partial charge in [0.05, 0.1) is 18.7 Å². The second-order valence-electron chi connectivity index (χ2n) is 4.59. The van der Waals surface area contributed by atoms with Crippen molar-refractivity contribution in [1.82, 2.24) is 4.98 Å². The van der Waals surface area contributed by atoms with Gasteiger partial charge >= 0.3 is 0 Å². The number of anilines is 1. The molecule has 0 unspecified atom stereocenters. The summed E-state index contributed by atoms with van der Waals surface area (Å²) in [6, 6.07) is 11.1. The van der Waals surface area contributed by atoms with E-state index in [2.05, 4.69) is 10.3 Å². The Morgan fingerprint density at radius 3 is 2.86 bits per heavy atom. The molecule has 110 valence electrons. The monoisotopic (exact) mass is 285 g/mol. The van der Waals surface area contributed by atoms with Crippen molar-refractivity contribution in [2.24, 2.45) is 5.73 Å². The molecule has 0 atom stereocenters. The van der Waals surface area contributed by atoms with Crippen LogP contribution in [0, 0.1) is 6.92 Å². The Morgan fingerprint density at radius 1 is 1.29 bits per heavy atom. The fraction of sp³-hybridized carbons (Fsp3) is 0.250. The largest absolute Gasteiger partial charge is 0.491 e. The van der Waals surface area contributed by atoms with Crippen LogP contribution in [0.5, 0.6) is 5.75 Å². The maximum Gasteiger partial charge on any atom is 0.227 e. The molecule has 0 saturated carbocycles. The Morgan fingerprint density at radius 2 is 2.10 bits per heavy atom. The minimum absolute atomic E-state index is 0.0996. The number of benzene rings is 1. The highest BCUT2D eigenvalue weighted by Gasteiger charge is 2.06. The number of nitrogens with two attached hydrogens (primary N) is 1. The first kappa shape index (κ1) is 15.0. The Bertz CT molecular complexity index is 614. The van der Waals surface area contributed by atoms with E-state index in [9.17, 15) is 4.79 Å². The van der Waals surface area contributed by atoms with Crippen LogP contribution in [0.3, 0.4) is 0 Å². The summed E-state index contributed by atoms with van der Waals surface area (Å²) in [5.41, 5.74) is 8.11. The van der Waals surface area contributed by atoms with E-state index in [1.165, 1.54) is 0 Å². The number of amides is 1. The summed E-state index contributed by atoms with van der Waals surface area (Å²) in [4.78, 5) is 16.0. The lowest BCUT2D eigenvalue weighted by molar-refractivity contribution is -0.116. The molecule has 2 aromatic rings. The van der Waals surface area contributed by atoms with Gasteiger partial charge in [-0.15, -0.1) is 0 Å². The molecular weight excluding hydrogens is 266 g/mol. The van der Waals surface area contributed by atoms with Gasteiger partial charge in [0.1, 0.15) is 5.75 Å². The van der Waals surface area contributed by atoms with E-state index in [-0.39, 0.29) is 12.3 Å². The molecule has 0 aliphatic carbocycles. The van der Waals surface area contributed by atoms with Crippen LogP contribution in [-0.4, -0.2) is 17.5 Å². The SMILES string of the molecule is Cc1ncccc1OCCC(=O)Nc1ccccc1CN. The van der Waals surface area contributed by atoms with Crippen LogP contribution < -0.4 is 15.8 Å². The first-order chi connectivity index (χ1) is 10.2. The van der Waals surface area contributed by atoms with Crippen molar-refractivity contribution in [3.05, 3.63) is 53.9 Å². The van der Waals surface area contributed by atoms with Gasteiger partial charge in [0, 0.05) is 18.4 Å². The zero-order chi connectivity index (χ0) is 15.1. The minimum Gasteiger partial charge on any atom is -0.491 e. The van der Waals surface area contributed by atoms with Crippen molar-refractivity contribution in [2.45, 2.75) is 19.9 Å². The molecule has 0 radical (unpaired) electrons. The number of nitrogens with zero attached hydrogens (tertiary/aromatic N) is 1. The third-order valence-corrected chi connectivity index (χ3v) is 3.06. The standard InChI is InChI=1S/C16H19N3O2/c1-12-15(7-4-9-18-12)21-10-8-16(20)19-14-6-3-2-5-13(14)11-17/h2-7,9H,8,10-11,17H2,1H3,(H,19,20). The highest BCUT2D eigenvalue weighted by atomic mass is 16.5. The maximum atomic E-state index is 11.9. The van der Waals surface area contributed by atoms with Gasteiger partial charge in [-0.3, -0.25) is 9.78 Å². The van der Waals surface area contributed by atoms with Crippen molar-refractivity contribution < 1.29 is 9.53 Å². The number of hydrogen-bond acceptors (Lipinski definition) is 4. The molecule has 3 N–H and O–H groups in total. The van der Waals surface area contributed by atoms with Gasteiger partial charge in [-0.1, -0.05) is 18.2 Å². The summed E-state index contributed by atoms with van der Waals surface area (Å²) in [6.45, 7) is 2.57. The van der Waals surface area contributed by atoms with Gasteiger partial charge in [0.15, 0.2) is 0 Å². The molecule has 0 aliphatic heterocycles. The third-order valence-electron chi connectivity index (χ3n) is 3.06. The van der Waals surface area contributed by atoms with Crippen LogP contribution >= 0.6 is 0 Å². The van der Waals surface area contributed by atoms with Gasteiger partial charge in [-0.05, 0) is 30.7 Å². The van der Waals surface area contributed by atoms with Gasteiger partial charge in [-0.25, -0.2) is 0 Å². The summed E-state index contributed by atoms with van der Waals surface area (Å²) >= 11 is 0. The number of rotatable bonds is 6. The quantitative estimate of drug-likeness (QED) is 0.853. The lowest BCUT2D eigenvalue weighted by Gasteiger charge is -2.10. The second kappa shape index (κ2) is 7.40. The van der Waals surface area contributed by atoms with E-state index >= 15 is 0 Å². The number of carbonyl (C=O) groups excluding carboxylic acids is 1. The fourth-order valence-electron chi connectivity index (χ4n) is 1.91. The Kier molecular flexibility index (Phi) is 5.29. The Labute approximate surface area is 124 Å². The molecule has 1 amide bonds. The predicted octanol–water partition coefficient (Wildman–Crippen LogP) is 2.26. The van der Waals surface area contributed by atoms with Crippen molar-refractivity contribution >= 4 is 11.6 Å². The number of carbonyl (C=O) groups is 1. The maximum absolute atomic E-state index is 11.9. The van der Waals surface area contributed by atoms with Gasteiger partial charge in [0.2, 0.25) is 5.91 Å². The van der Waals surface area contributed by atoms with Crippen LogP contribution in [0.1, 0.15) is 17.7 Å². The molecule has 21 heavy (non-hydrogen) atoms. The molecule has 5 heteroatoms. The molecule has 0 bridgehead atoms. The molecular formula is C16H19N3O2. The summed E-state index contributed by atoms with van der Waals surface area (Å²) in [5.74, 6) is 0.602. The molecule has 0 aliphatic rings. The Balaban J connectivity index is 1.84.